The first-order valence-electron chi connectivity index (χ1n) is 6.86. The van der Waals surface area contributed by atoms with E-state index >= 15 is 0 Å². The maximum atomic E-state index is 12.0. The van der Waals surface area contributed by atoms with Crippen molar-refractivity contribution in [3.8, 4) is 0 Å². The predicted molar refractivity (Wildman–Crippen MR) is 92.4 cm³/mol. The van der Waals surface area contributed by atoms with Gasteiger partial charge in [0, 0.05) is 21.4 Å². The van der Waals surface area contributed by atoms with Crippen LogP contribution in [-0.2, 0) is 4.79 Å². The number of benzene rings is 2. The highest BCUT2D eigenvalue weighted by atomic mass is 79.9. The number of rotatable bonds is 5. The fourth-order valence-electron chi connectivity index (χ4n) is 2.02. The Kier molecular flexibility index (Phi) is 5.33. The standard InChI is InChI=1S/C17H17BrN2O2/c1-11-8-14(18)6-7-16(11)19-10-17(22)20-15-5-3-4-13(9-15)12(2)21/h3-9,19H,10H2,1-2H3,(H,20,22). The van der Waals surface area contributed by atoms with Gasteiger partial charge < -0.3 is 10.6 Å². The Morgan fingerprint density at radius 3 is 2.59 bits per heavy atom. The highest BCUT2D eigenvalue weighted by Gasteiger charge is 2.06. The molecule has 0 aromatic heterocycles. The van der Waals surface area contributed by atoms with Crippen molar-refractivity contribution in [2.24, 2.45) is 0 Å². The molecule has 0 heterocycles. The summed E-state index contributed by atoms with van der Waals surface area (Å²) in [5.74, 6) is -0.192. The molecule has 0 fully saturated rings. The number of hydrogen-bond donors (Lipinski definition) is 2. The maximum absolute atomic E-state index is 12.0. The van der Waals surface area contributed by atoms with E-state index in [2.05, 4.69) is 26.6 Å². The SMILES string of the molecule is CC(=O)c1cccc(NC(=O)CNc2ccc(Br)cc2C)c1. The van der Waals surface area contributed by atoms with E-state index in [1.54, 1.807) is 24.3 Å². The summed E-state index contributed by atoms with van der Waals surface area (Å²) in [7, 11) is 0. The van der Waals surface area contributed by atoms with E-state index in [1.165, 1.54) is 6.92 Å². The third-order valence-corrected chi connectivity index (χ3v) is 3.67. The van der Waals surface area contributed by atoms with Crippen LogP contribution in [0.3, 0.4) is 0 Å². The van der Waals surface area contributed by atoms with Crippen molar-refractivity contribution in [2.75, 3.05) is 17.2 Å². The van der Waals surface area contributed by atoms with Crippen LogP contribution in [0, 0.1) is 6.92 Å². The van der Waals surface area contributed by atoms with Gasteiger partial charge in [0.25, 0.3) is 0 Å². The second kappa shape index (κ2) is 7.22. The zero-order valence-electron chi connectivity index (χ0n) is 12.4. The third-order valence-electron chi connectivity index (χ3n) is 3.18. The normalized spacial score (nSPS) is 10.1. The van der Waals surface area contributed by atoms with Gasteiger partial charge in [-0.25, -0.2) is 0 Å². The van der Waals surface area contributed by atoms with Gasteiger partial charge in [-0.15, -0.1) is 0 Å². The van der Waals surface area contributed by atoms with E-state index in [1.807, 2.05) is 25.1 Å². The minimum Gasteiger partial charge on any atom is -0.376 e. The summed E-state index contributed by atoms with van der Waals surface area (Å²) in [5, 5.41) is 5.87. The van der Waals surface area contributed by atoms with Gasteiger partial charge in [-0.3, -0.25) is 9.59 Å². The first-order valence-corrected chi connectivity index (χ1v) is 7.66. The minimum atomic E-state index is -0.164. The van der Waals surface area contributed by atoms with Gasteiger partial charge in [0.15, 0.2) is 5.78 Å². The first-order chi connectivity index (χ1) is 10.5. The van der Waals surface area contributed by atoms with Gasteiger partial charge in [-0.1, -0.05) is 28.1 Å². The summed E-state index contributed by atoms with van der Waals surface area (Å²) in [6.45, 7) is 3.63. The van der Waals surface area contributed by atoms with E-state index in [4.69, 9.17) is 0 Å². The first kappa shape index (κ1) is 16.2. The zero-order valence-corrected chi connectivity index (χ0v) is 14.0. The molecule has 5 heteroatoms. The van der Waals surface area contributed by atoms with Crippen LogP contribution < -0.4 is 10.6 Å². The molecule has 0 saturated heterocycles. The lowest BCUT2D eigenvalue weighted by Gasteiger charge is -2.10. The van der Waals surface area contributed by atoms with Crippen LogP contribution in [0.25, 0.3) is 0 Å². The van der Waals surface area contributed by atoms with E-state index in [0.29, 0.717) is 11.3 Å². The van der Waals surface area contributed by atoms with Crippen molar-refractivity contribution in [1.29, 1.82) is 0 Å². The maximum Gasteiger partial charge on any atom is 0.243 e. The molecule has 4 nitrogen and oxygen atoms in total. The quantitative estimate of drug-likeness (QED) is 0.792. The minimum absolute atomic E-state index is 0.0280. The largest absolute Gasteiger partial charge is 0.376 e. The number of anilines is 2. The third kappa shape index (κ3) is 4.43. The summed E-state index contributed by atoms with van der Waals surface area (Å²) in [6, 6.07) is 12.7. The van der Waals surface area contributed by atoms with Crippen LogP contribution in [0.4, 0.5) is 11.4 Å². The van der Waals surface area contributed by atoms with Gasteiger partial charge in [0.2, 0.25) is 5.91 Å². The molecule has 22 heavy (non-hydrogen) atoms. The topological polar surface area (TPSA) is 58.2 Å². The summed E-state index contributed by atoms with van der Waals surface area (Å²) >= 11 is 3.40. The Labute approximate surface area is 138 Å². The van der Waals surface area contributed by atoms with E-state index in [9.17, 15) is 9.59 Å². The number of nitrogens with one attached hydrogen (secondary N) is 2. The predicted octanol–water partition coefficient (Wildman–Crippen LogP) is 4.01. The molecule has 0 bridgehead atoms. The number of carbonyl (C=O) groups is 2. The van der Waals surface area contributed by atoms with Crippen LogP contribution in [-0.4, -0.2) is 18.2 Å². The molecule has 0 unspecified atom stereocenters. The summed E-state index contributed by atoms with van der Waals surface area (Å²) < 4.78 is 1.00. The molecule has 0 aliphatic rings. The van der Waals surface area contributed by atoms with Crippen molar-refractivity contribution < 1.29 is 9.59 Å². The molecular weight excluding hydrogens is 344 g/mol. The number of hydrogen-bond acceptors (Lipinski definition) is 3. The fraction of sp³-hybridized carbons (Fsp3) is 0.176. The van der Waals surface area contributed by atoms with Crippen molar-refractivity contribution in [3.63, 3.8) is 0 Å². The molecule has 1 amide bonds. The Hall–Kier alpha value is -2.14. The van der Waals surface area contributed by atoms with Gasteiger partial charge in [0.1, 0.15) is 0 Å². The van der Waals surface area contributed by atoms with Gasteiger partial charge in [0.05, 0.1) is 6.54 Å². The molecule has 2 aromatic carbocycles. The smallest absolute Gasteiger partial charge is 0.243 e. The highest BCUT2D eigenvalue weighted by Crippen LogP contribution is 2.19. The molecule has 0 atom stereocenters. The number of halogens is 1. The second-order valence-electron chi connectivity index (χ2n) is 5.00. The van der Waals surface area contributed by atoms with Crippen molar-refractivity contribution in [1.82, 2.24) is 0 Å². The van der Waals surface area contributed by atoms with Crippen molar-refractivity contribution in [3.05, 3.63) is 58.1 Å². The molecule has 0 spiro atoms. The lowest BCUT2D eigenvalue weighted by molar-refractivity contribution is -0.114. The lowest BCUT2D eigenvalue weighted by atomic mass is 10.1. The molecule has 0 aliphatic heterocycles. The monoisotopic (exact) mass is 360 g/mol. The van der Waals surface area contributed by atoms with Crippen LogP contribution in [0.5, 0.6) is 0 Å². The van der Waals surface area contributed by atoms with E-state index < -0.39 is 0 Å². The Morgan fingerprint density at radius 1 is 1.14 bits per heavy atom. The van der Waals surface area contributed by atoms with E-state index in [0.717, 1.165) is 15.7 Å². The molecule has 0 radical (unpaired) electrons. The Bertz CT molecular complexity index is 714. The number of Topliss-reactive ketones (excluding diaryl/α,β-unsaturated/α-hetero) is 1. The molecule has 2 N–H and O–H groups in total. The number of carbonyl (C=O) groups excluding carboxylic acids is 2. The lowest BCUT2D eigenvalue weighted by Crippen LogP contribution is -2.22. The molecule has 2 rings (SSSR count). The average Bonchev–Trinajstić information content (AvgIpc) is 2.46. The number of aryl methyl sites for hydroxylation is 1. The summed E-state index contributed by atoms with van der Waals surface area (Å²) in [5.41, 5.74) is 3.16. The Morgan fingerprint density at radius 2 is 1.91 bits per heavy atom. The molecule has 114 valence electrons. The highest BCUT2D eigenvalue weighted by molar-refractivity contribution is 9.10. The van der Waals surface area contributed by atoms with Gasteiger partial charge in [-0.05, 0) is 49.7 Å². The van der Waals surface area contributed by atoms with Gasteiger partial charge >= 0.3 is 0 Å². The Balaban J connectivity index is 1.95. The van der Waals surface area contributed by atoms with Crippen LogP contribution in [0.1, 0.15) is 22.8 Å². The van der Waals surface area contributed by atoms with Crippen LogP contribution in [0.15, 0.2) is 46.9 Å². The second-order valence-corrected chi connectivity index (χ2v) is 5.91. The summed E-state index contributed by atoms with van der Waals surface area (Å²) in [6.07, 6.45) is 0. The molecule has 0 saturated carbocycles. The van der Waals surface area contributed by atoms with E-state index in [-0.39, 0.29) is 18.2 Å². The van der Waals surface area contributed by atoms with Gasteiger partial charge in [-0.2, -0.15) is 0 Å². The zero-order chi connectivity index (χ0) is 16.1. The molecular formula is C17H17BrN2O2. The number of ketones is 1. The van der Waals surface area contributed by atoms with Crippen molar-refractivity contribution in [2.45, 2.75) is 13.8 Å². The van der Waals surface area contributed by atoms with Crippen molar-refractivity contribution >= 4 is 39.0 Å². The van der Waals surface area contributed by atoms with Crippen LogP contribution >= 0.6 is 15.9 Å². The molecule has 2 aromatic rings. The summed E-state index contributed by atoms with van der Waals surface area (Å²) in [4.78, 5) is 23.3. The molecule has 0 aliphatic carbocycles. The average molecular weight is 361 g/mol. The van der Waals surface area contributed by atoms with Crippen LogP contribution in [0.2, 0.25) is 0 Å². The fourth-order valence-corrected chi connectivity index (χ4v) is 2.50. The number of amides is 1.